The van der Waals surface area contributed by atoms with Crippen LogP contribution in [0.2, 0.25) is 5.15 Å². The van der Waals surface area contributed by atoms with E-state index in [0.717, 1.165) is 16.8 Å². The van der Waals surface area contributed by atoms with Crippen LogP contribution in [0.3, 0.4) is 0 Å². The summed E-state index contributed by atoms with van der Waals surface area (Å²) >= 11 is 5.83. The maximum atomic E-state index is 11.2. The molecule has 0 N–H and O–H groups in total. The Balaban J connectivity index is 2.76. The van der Waals surface area contributed by atoms with E-state index in [1.165, 1.54) is 0 Å². The van der Waals surface area contributed by atoms with Crippen molar-refractivity contribution in [1.29, 1.82) is 0 Å². The van der Waals surface area contributed by atoms with Crippen LogP contribution in [-0.2, 0) is 11.3 Å². The number of aromatic nitrogens is 1. The lowest BCUT2D eigenvalue weighted by molar-refractivity contribution is 0.0535. The predicted octanol–water partition coefficient (Wildman–Crippen LogP) is 2.02. The zero-order valence-corrected chi connectivity index (χ0v) is 8.10. The Labute approximate surface area is 80.7 Å². The van der Waals surface area contributed by atoms with Crippen molar-refractivity contribution in [3.8, 4) is 0 Å². The van der Waals surface area contributed by atoms with E-state index >= 15 is 0 Å². The zero-order valence-electron chi connectivity index (χ0n) is 7.35. The topological polar surface area (TPSA) is 39.2 Å². The lowest BCUT2D eigenvalue weighted by Crippen LogP contribution is -2.00. The Hall–Kier alpha value is -1.09. The van der Waals surface area contributed by atoms with Crippen molar-refractivity contribution in [2.75, 3.05) is 0 Å². The van der Waals surface area contributed by atoms with Crippen LogP contribution in [0, 0.1) is 13.8 Å². The third-order valence-electron chi connectivity index (χ3n) is 2.32. The Morgan fingerprint density at radius 2 is 2.15 bits per heavy atom. The number of halogens is 1. The molecule has 0 bridgehead atoms. The summed E-state index contributed by atoms with van der Waals surface area (Å²) in [5.41, 5.74) is 3.15. The van der Waals surface area contributed by atoms with Crippen molar-refractivity contribution in [1.82, 2.24) is 4.98 Å². The molecule has 0 saturated carbocycles. The maximum absolute atomic E-state index is 11.2. The highest BCUT2D eigenvalue weighted by atomic mass is 35.5. The van der Waals surface area contributed by atoms with Crippen LogP contribution in [0.5, 0.6) is 0 Å². The van der Waals surface area contributed by atoms with Gasteiger partial charge in [0.15, 0.2) is 0 Å². The lowest BCUT2D eigenvalue weighted by Gasteiger charge is -2.04. The van der Waals surface area contributed by atoms with Crippen LogP contribution in [0.25, 0.3) is 0 Å². The Morgan fingerprint density at radius 3 is 2.85 bits per heavy atom. The normalized spacial score (nSPS) is 14.2. The van der Waals surface area contributed by atoms with Gasteiger partial charge in [0, 0.05) is 11.3 Å². The molecule has 1 aliphatic rings. The third kappa shape index (κ3) is 1.11. The van der Waals surface area contributed by atoms with Crippen molar-refractivity contribution in [3.63, 3.8) is 0 Å². The first-order valence-electron chi connectivity index (χ1n) is 3.94. The molecule has 2 rings (SSSR count). The second-order valence-electron chi connectivity index (χ2n) is 3.04. The van der Waals surface area contributed by atoms with E-state index in [1.54, 1.807) is 0 Å². The molecule has 13 heavy (non-hydrogen) atoms. The minimum absolute atomic E-state index is 0.251. The largest absolute Gasteiger partial charge is 0.457 e. The number of nitrogens with zero attached hydrogens (tertiary/aromatic N) is 1. The number of pyridine rings is 1. The van der Waals surface area contributed by atoms with Crippen molar-refractivity contribution in [3.05, 3.63) is 27.5 Å². The molecule has 0 spiro atoms. The number of hydrogen-bond donors (Lipinski definition) is 0. The van der Waals surface area contributed by atoms with Crippen LogP contribution in [0.15, 0.2) is 0 Å². The van der Waals surface area contributed by atoms with Crippen LogP contribution < -0.4 is 0 Å². The monoisotopic (exact) mass is 197 g/mol. The van der Waals surface area contributed by atoms with Gasteiger partial charge in [0.25, 0.3) is 0 Å². The van der Waals surface area contributed by atoms with E-state index in [0.29, 0.717) is 12.2 Å². The van der Waals surface area contributed by atoms with Gasteiger partial charge in [-0.2, -0.15) is 0 Å². The molecule has 0 aliphatic carbocycles. The zero-order chi connectivity index (χ0) is 9.59. The molecule has 0 amide bonds. The summed E-state index contributed by atoms with van der Waals surface area (Å²) in [7, 11) is 0. The highest BCUT2D eigenvalue weighted by Crippen LogP contribution is 2.29. The van der Waals surface area contributed by atoms with Crippen LogP contribution in [-0.4, -0.2) is 11.0 Å². The number of esters is 1. The average molecular weight is 198 g/mol. The molecule has 1 aromatic heterocycles. The lowest BCUT2D eigenvalue weighted by atomic mass is 10.1. The van der Waals surface area contributed by atoms with E-state index < -0.39 is 0 Å². The number of fused-ring (bicyclic) bond motifs is 1. The molecule has 3 nitrogen and oxygen atoms in total. The molecule has 0 aromatic carbocycles. The Bertz CT molecular complexity index is 401. The summed E-state index contributed by atoms with van der Waals surface area (Å²) in [5, 5.41) is 0.251. The van der Waals surface area contributed by atoms with Gasteiger partial charge in [-0.1, -0.05) is 11.6 Å². The van der Waals surface area contributed by atoms with Gasteiger partial charge in [-0.25, -0.2) is 9.78 Å². The second-order valence-corrected chi connectivity index (χ2v) is 3.40. The molecule has 1 aliphatic heterocycles. The standard InChI is InChI=1S/C9H8ClNO2/c1-4-5(2)11-8(10)7-6(4)3-13-9(7)12/h3H2,1-2H3. The first kappa shape index (κ1) is 8.51. The second kappa shape index (κ2) is 2.70. The molecule has 68 valence electrons. The SMILES string of the molecule is Cc1nc(Cl)c2c(c1C)COC2=O. The van der Waals surface area contributed by atoms with Gasteiger partial charge >= 0.3 is 5.97 Å². The molecular formula is C9H8ClNO2. The fourth-order valence-electron chi connectivity index (χ4n) is 1.42. The van der Waals surface area contributed by atoms with Gasteiger partial charge < -0.3 is 4.74 Å². The van der Waals surface area contributed by atoms with Gasteiger partial charge in [0.1, 0.15) is 17.3 Å². The molecular weight excluding hydrogens is 190 g/mol. The predicted molar refractivity (Wildman–Crippen MR) is 47.8 cm³/mol. The van der Waals surface area contributed by atoms with E-state index in [9.17, 15) is 4.79 Å². The smallest absolute Gasteiger partial charge is 0.342 e. The summed E-state index contributed by atoms with van der Waals surface area (Å²) < 4.78 is 4.88. The Morgan fingerprint density at radius 1 is 1.46 bits per heavy atom. The highest BCUT2D eigenvalue weighted by Gasteiger charge is 2.27. The summed E-state index contributed by atoms with van der Waals surface area (Å²) in [6.45, 7) is 4.10. The number of aryl methyl sites for hydroxylation is 1. The molecule has 0 atom stereocenters. The van der Waals surface area contributed by atoms with Crippen LogP contribution in [0.4, 0.5) is 0 Å². The minimum atomic E-state index is -0.365. The van der Waals surface area contributed by atoms with Crippen molar-refractivity contribution < 1.29 is 9.53 Å². The van der Waals surface area contributed by atoms with Crippen molar-refractivity contribution >= 4 is 17.6 Å². The van der Waals surface area contributed by atoms with Crippen LogP contribution >= 0.6 is 11.6 Å². The molecule has 0 fully saturated rings. The quantitative estimate of drug-likeness (QED) is 0.472. The van der Waals surface area contributed by atoms with E-state index in [2.05, 4.69) is 4.98 Å². The van der Waals surface area contributed by atoms with Crippen molar-refractivity contribution in [2.45, 2.75) is 20.5 Å². The number of rotatable bonds is 0. The third-order valence-corrected chi connectivity index (χ3v) is 2.59. The molecule has 0 unspecified atom stereocenters. The van der Waals surface area contributed by atoms with Crippen LogP contribution in [0.1, 0.15) is 27.2 Å². The molecule has 0 radical (unpaired) electrons. The first-order chi connectivity index (χ1) is 6.11. The van der Waals surface area contributed by atoms with Gasteiger partial charge in [0.05, 0.1) is 0 Å². The van der Waals surface area contributed by atoms with E-state index in [-0.39, 0.29) is 11.1 Å². The summed E-state index contributed by atoms with van der Waals surface area (Å²) in [6.07, 6.45) is 0. The number of ether oxygens (including phenoxy) is 1. The summed E-state index contributed by atoms with van der Waals surface area (Å²) in [6, 6.07) is 0. The summed E-state index contributed by atoms with van der Waals surface area (Å²) in [5.74, 6) is -0.365. The highest BCUT2D eigenvalue weighted by molar-refractivity contribution is 6.32. The number of cyclic esters (lactones) is 1. The van der Waals surface area contributed by atoms with Gasteiger partial charge in [0.2, 0.25) is 0 Å². The molecule has 0 saturated heterocycles. The molecule has 4 heteroatoms. The van der Waals surface area contributed by atoms with Gasteiger partial charge in [-0.05, 0) is 19.4 Å². The number of carbonyl (C=O) groups excluding carboxylic acids is 1. The first-order valence-corrected chi connectivity index (χ1v) is 4.31. The number of carbonyl (C=O) groups is 1. The fraction of sp³-hybridized carbons (Fsp3) is 0.333. The van der Waals surface area contributed by atoms with Crippen molar-refractivity contribution in [2.24, 2.45) is 0 Å². The summed E-state index contributed by atoms with van der Waals surface area (Å²) in [4.78, 5) is 15.3. The maximum Gasteiger partial charge on any atom is 0.342 e. The number of hydrogen-bond acceptors (Lipinski definition) is 3. The molecule has 2 heterocycles. The van der Waals surface area contributed by atoms with E-state index in [1.807, 2.05) is 13.8 Å². The van der Waals surface area contributed by atoms with Gasteiger partial charge in [-0.15, -0.1) is 0 Å². The molecule has 1 aromatic rings. The average Bonchev–Trinajstić information content (AvgIpc) is 2.44. The Kier molecular flexibility index (Phi) is 1.77. The fourth-order valence-corrected chi connectivity index (χ4v) is 1.73. The van der Waals surface area contributed by atoms with Gasteiger partial charge in [-0.3, -0.25) is 0 Å². The van der Waals surface area contributed by atoms with E-state index in [4.69, 9.17) is 16.3 Å². The minimum Gasteiger partial charge on any atom is -0.457 e.